The van der Waals surface area contributed by atoms with Gasteiger partial charge >= 0.3 is 0 Å². The van der Waals surface area contributed by atoms with E-state index in [2.05, 4.69) is 58.3 Å². The molecule has 0 amide bonds. The molecule has 3 aliphatic heterocycles. The van der Waals surface area contributed by atoms with Gasteiger partial charge in [-0.1, -0.05) is 27.4 Å². The average Bonchev–Trinajstić information content (AvgIpc) is 3.53. The Labute approximate surface area is 258 Å². The van der Waals surface area contributed by atoms with E-state index in [0.29, 0.717) is 24.2 Å². The molecule has 3 saturated carbocycles. The van der Waals surface area contributed by atoms with Crippen molar-refractivity contribution < 1.29 is 29.2 Å². The van der Waals surface area contributed by atoms with E-state index in [0.717, 1.165) is 48.0 Å². The van der Waals surface area contributed by atoms with Crippen molar-refractivity contribution >= 4 is 16.7 Å². The number of carbonyl (C=O) groups excluding carboxylic acids is 1. The third-order valence-electron chi connectivity index (χ3n) is 15.4. The lowest BCUT2D eigenvalue weighted by Crippen LogP contribution is -2.76. The number of rotatable bonds is 1. The summed E-state index contributed by atoms with van der Waals surface area (Å²) in [6, 6.07) is 4.19. The van der Waals surface area contributed by atoms with Gasteiger partial charge in [0.2, 0.25) is 0 Å². The number of hydrogen-bond donors (Lipinski definition) is 3. The zero-order chi connectivity index (χ0) is 30.7. The van der Waals surface area contributed by atoms with E-state index in [1.54, 1.807) is 0 Å². The van der Waals surface area contributed by atoms with Gasteiger partial charge in [-0.05, 0) is 93.9 Å². The number of carbonyl (C=O) groups is 1. The van der Waals surface area contributed by atoms with Crippen molar-refractivity contribution in [3.05, 3.63) is 46.7 Å². The number of fused-ring (bicyclic) bond motifs is 5. The number of hydrogen-bond acceptors (Lipinski definition) is 6. The van der Waals surface area contributed by atoms with E-state index in [1.165, 1.54) is 16.5 Å². The Hall–Kier alpha value is -2.03. The summed E-state index contributed by atoms with van der Waals surface area (Å²) in [6.45, 7) is 17.3. The molecule has 7 heteroatoms. The molecule has 7 nitrogen and oxygen atoms in total. The van der Waals surface area contributed by atoms with Crippen LogP contribution in [0, 0.1) is 29.1 Å². The second-order valence-corrected chi connectivity index (χ2v) is 17.0. The zero-order valence-electron chi connectivity index (χ0n) is 26.7. The Morgan fingerprint density at radius 2 is 1.84 bits per heavy atom. The van der Waals surface area contributed by atoms with Crippen LogP contribution in [0.2, 0.25) is 0 Å². The quantitative estimate of drug-likeness (QED) is 0.290. The Morgan fingerprint density at radius 3 is 2.59 bits per heavy atom. The van der Waals surface area contributed by atoms with E-state index < -0.39 is 40.3 Å². The standard InChI is InChI=1S/C37H45NO6/c1-15(2)29-28(40)32-37(44-32)22(42-29)11-12-34(6)35(7)19(10-13-36(34,37)41)30-26-25-21(38-31(26)35)9-8-17-24(25)23-18(16(3)27(17)39)14-20(23)33(4,5)43-30/h8-9,16,18-20,22-23,28-30,32,38,40-41H,1,10-14H2,2-7H3/t16-,18+,19-,20+,22+,23+,28-,29-,30+,32+,34+,35-,36+,37-/m0/s1. The van der Waals surface area contributed by atoms with Gasteiger partial charge in [0.1, 0.15) is 23.9 Å². The van der Waals surface area contributed by atoms with Crippen molar-refractivity contribution in [1.29, 1.82) is 0 Å². The van der Waals surface area contributed by atoms with Crippen LogP contribution in [-0.2, 0) is 19.6 Å². The minimum atomic E-state index is -1.20. The van der Waals surface area contributed by atoms with E-state index >= 15 is 0 Å². The first-order chi connectivity index (χ1) is 20.7. The van der Waals surface area contributed by atoms with Crippen LogP contribution in [-0.4, -0.2) is 62.2 Å². The molecule has 14 atom stereocenters. The molecule has 1 aromatic carbocycles. The SMILES string of the molecule is C=C(C)[C@@H]1O[C@@H]2CC[C@@]3(C)[C@](O)(CC[C@H]4[C@H]5OC(C)(C)[C@@H]6C[C@H]7[C@H]6c6c(ccc8[nH]c(c5c68)[C@]43C)C(=O)[C@H]7C)[C@]23O[C@@H]3[C@H]1O. The van der Waals surface area contributed by atoms with Gasteiger partial charge in [0.25, 0.3) is 0 Å². The summed E-state index contributed by atoms with van der Waals surface area (Å²) in [5.41, 5.74) is 2.91. The molecule has 8 aliphatic rings. The summed E-state index contributed by atoms with van der Waals surface area (Å²) >= 11 is 0. The number of ketones is 1. The molecule has 5 aliphatic carbocycles. The second-order valence-electron chi connectivity index (χ2n) is 17.0. The number of aromatic nitrogens is 1. The van der Waals surface area contributed by atoms with Crippen molar-refractivity contribution in [1.82, 2.24) is 4.98 Å². The predicted molar refractivity (Wildman–Crippen MR) is 163 cm³/mol. The van der Waals surface area contributed by atoms with Crippen molar-refractivity contribution in [2.24, 2.45) is 29.1 Å². The summed E-state index contributed by atoms with van der Waals surface area (Å²) in [6.07, 6.45) is 1.65. The minimum Gasteiger partial charge on any atom is -0.387 e. The molecular formula is C37H45NO6. The summed E-state index contributed by atoms with van der Waals surface area (Å²) < 4.78 is 20.4. The minimum absolute atomic E-state index is 0.0340. The van der Waals surface area contributed by atoms with Crippen LogP contribution in [0.15, 0.2) is 24.3 Å². The first-order valence-corrected chi connectivity index (χ1v) is 17.0. The number of aromatic amines is 1. The van der Waals surface area contributed by atoms with E-state index in [-0.39, 0.29) is 35.4 Å². The molecule has 2 aromatic rings. The highest BCUT2D eigenvalue weighted by Crippen LogP contribution is 2.77. The highest BCUT2D eigenvalue weighted by molar-refractivity contribution is 6.07. The van der Waals surface area contributed by atoms with Gasteiger partial charge in [0, 0.05) is 50.4 Å². The van der Waals surface area contributed by atoms with Crippen LogP contribution in [0.5, 0.6) is 0 Å². The van der Waals surface area contributed by atoms with E-state index in [9.17, 15) is 15.0 Å². The number of aliphatic hydroxyl groups is 2. The molecule has 4 heterocycles. The van der Waals surface area contributed by atoms with Crippen molar-refractivity contribution in [3.63, 3.8) is 0 Å². The smallest absolute Gasteiger partial charge is 0.166 e. The van der Waals surface area contributed by atoms with Crippen LogP contribution >= 0.6 is 0 Å². The molecule has 1 aromatic heterocycles. The lowest BCUT2D eigenvalue weighted by molar-refractivity contribution is -0.275. The van der Waals surface area contributed by atoms with Gasteiger partial charge in [0.05, 0.1) is 17.8 Å². The Balaban J connectivity index is 1.19. The molecule has 3 N–H and O–H groups in total. The predicted octanol–water partition coefficient (Wildman–Crippen LogP) is 5.62. The maximum atomic E-state index is 13.8. The molecule has 5 fully saturated rings. The Bertz CT molecular complexity index is 1730. The fraction of sp³-hybridized carbons (Fsp3) is 0.703. The molecule has 234 valence electrons. The van der Waals surface area contributed by atoms with Crippen molar-refractivity contribution in [3.8, 4) is 0 Å². The van der Waals surface area contributed by atoms with Gasteiger partial charge in [-0.15, -0.1) is 0 Å². The summed E-state index contributed by atoms with van der Waals surface area (Å²) in [5.74, 6) is 1.51. The van der Waals surface area contributed by atoms with Crippen LogP contribution in [0.4, 0.5) is 0 Å². The molecule has 1 spiro atoms. The zero-order valence-corrected chi connectivity index (χ0v) is 26.7. The highest BCUT2D eigenvalue weighted by atomic mass is 16.7. The van der Waals surface area contributed by atoms with Gasteiger partial charge in [0.15, 0.2) is 11.4 Å². The van der Waals surface area contributed by atoms with Crippen LogP contribution in [0.1, 0.15) is 113 Å². The number of Topliss-reactive ketones (excluding diaryl/α,β-unsaturated/α-hetero) is 1. The molecule has 2 saturated heterocycles. The number of aliphatic hydroxyl groups excluding tert-OH is 1. The molecular weight excluding hydrogens is 554 g/mol. The molecule has 44 heavy (non-hydrogen) atoms. The first-order valence-electron chi connectivity index (χ1n) is 17.0. The summed E-state index contributed by atoms with van der Waals surface area (Å²) in [4.78, 5) is 17.7. The Morgan fingerprint density at radius 1 is 1.07 bits per heavy atom. The number of nitrogens with one attached hydrogen (secondary N) is 1. The van der Waals surface area contributed by atoms with Gasteiger partial charge in [-0.2, -0.15) is 0 Å². The third kappa shape index (κ3) is 2.50. The average molecular weight is 600 g/mol. The fourth-order valence-electron chi connectivity index (χ4n) is 12.9. The number of epoxide rings is 1. The van der Waals surface area contributed by atoms with E-state index in [4.69, 9.17) is 14.2 Å². The van der Waals surface area contributed by atoms with E-state index in [1.807, 2.05) is 6.92 Å². The number of ether oxygens (including phenoxy) is 3. The maximum absolute atomic E-state index is 13.8. The van der Waals surface area contributed by atoms with Crippen molar-refractivity contribution in [2.75, 3.05) is 0 Å². The summed E-state index contributed by atoms with van der Waals surface area (Å²) in [5, 5.41) is 25.8. The first kappa shape index (κ1) is 27.1. The fourth-order valence-corrected chi connectivity index (χ4v) is 12.9. The largest absolute Gasteiger partial charge is 0.387 e. The number of benzene rings is 1. The molecule has 0 bridgehead atoms. The number of H-pyrrole nitrogens is 1. The van der Waals surface area contributed by atoms with Gasteiger partial charge in [-0.25, -0.2) is 0 Å². The summed E-state index contributed by atoms with van der Waals surface area (Å²) in [7, 11) is 0. The van der Waals surface area contributed by atoms with Gasteiger partial charge < -0.3 is 29.4 Å². The highest BCUT2D eigenvalue weighted by Gasteiger charge is 2.86. The van der Waals surface area contributed by atoms with Crippen molar-refractivity contribution in [2.45, 2.75) is 132 Å². The molecule has 0 unspecified atom stereocenters. The van der Waals surface area contributed by atoms with Crippen LogP contribution < -0.4 is 0 Å². The molecule has 10 rings (SSSR count). The monoisotopic (exact) mass is 599 g/mol. The second kappa shape index (κ2) is 7.57. The van der Waals surface area contributed by atoms with Gasteiger partial charge in [-0.3, -0.25) is 4.79 Å². The Kier molecular flexibility index (Phi) is 4.67. The lowest BCUT2D eigenvalue weighted by atomic mass is 9.40. The maximum Gasteiger partial charge on any atom is 0.166 e. The van der Waals surface area contributed by atoms with Crippen LogP contribution in [0.25, 0.3) is 10.9 Å². The van der Waals surface area contributed by atoms with Crippen LogP contribution in [0.3, 0.4) is 0 Å². The molecule has 0 radical (unpaired) electrons. The lowest BCUT2D eigenvalue weighted by Gasteiger charge is -2.66. The normalized spacial score (nSPS) is 53.4. The topological polar surface area (TPSA) is 104 Å². The third-order valence-corrected chi connectivity index (χ3v) is 15.4.